The smallest absolute Gasteiger partial charge is 0.329 e. The Bertz CT molecular complexity index is 2630. The van der Waals surface area contributed by atoms with Gasteiger partial charge < -0.3 is 39.8 Å². The summed E-state index contributed by atoms with van der Waals surface area (Å²) in [6.45, 7) is 5.60. The number of likely N-dealkylation sites (tertiary alicyclic amines) is 1. The van der Waals surface area contributed by atoms with Crippen molar-refractivity contribution in [2.24, 2.45) is 5.41 Å². The van der Waals surface area contributed by atoms with Crippen LogP contribution < -0.4 is 35.5 Å². The monoisotopic (exact) mass is 1020 g/mol. The van der Waals surface area contributed by atoms with Gasteiger partial charge in [-0.25, -0.2) is 4.79 Å². The molecule has 396 valence electrons. The third-order valence-electron chi connectivity index (χ3n) is 13.5. The van der Waals surface area contributed by atoms with E-state index >= 15 is 0 Å². The maximum atomic E-state index is 14.1. The molecule has 0 radical (unpaired) electrons. The maximum Gasteiger partial charge on any atom is 0.329 e. The molecule has 3 heterocycles. The fourth-order valence-corrected chi connectivity index (χ4v) is 8.89. The van der Waals surface area contributed by atoms with Gasteiger partial charge in [-0.3, -0.25) is 53.4 Å². The van der Waals surface area contributed by atoms with Crippen LogP contribution in [0.2, 0.25) is 0 Å². The molecule has 3 aromatic carbocycles. The van der Waals surface area contributed by atoms with Gasteiger partial charge in [0.25, 0.3) is 23.6 Å². The summed E-state index contributed by atoms with van der Waals surface area (Å²) in [5.41, 5.74) is 0.956. The van der Waals surface area contributed by atoms with Gasteiger partial charge in [-0.15, -0.1) is 0 Å². The van der Waals surface area contributed by atoms with Gasteiger partial charge in [-0.05, 0) is 112 Å². The predicted molar refractivity (Wildman–Crippen MR) is 268 cm³/mol. The molecule has 0 aliphatic carbocycles. The van der Waals surface area contributed by atoms with E-state index in [0.29, 0.717) is 80.5 Å². The number of piperidine rings is 1. The summed E-state index contributed by atoms with van der Waals surface area (Å²) < 4.78 is 22.8. The summed E-state index contributed by atoms with van der Waals surface area (Å²) >= 11 is 0. The summed E-state index contributed by atoms with van der Waals surface area (Å²) in [7, 11) is 3.08. The molecular formula is C54H66N6O14. The molecule has 4 N–H and O–H groups in total. The first-order valence-electron chi connectivity index (χ1n) is 25.1. The molecule has 0 bridgehead atoms. The molecule has 3 aromatic rings. The van der Waals surface area contributed by atoms with Gasteiger partial charge in [0.15, 0.2) is 18.1 Å². The Morgan fingerprint density at radius 1 is 0.784 bits per heavy atom. The number of ether oxygens (including phenoxy) is 4. The third kappa shape index (κ3) is 14.1. The molecule has 0 aromatic heterocycles. The number of amides is 8. The topological polar surface area (TPSA) is 262 Å². The first-order chi connectivity index (χ1) is 35.5. The molecule has 3 atom stereocenters. The standard InChI is InChI=1S/C54H66N6O14/c1-6-54(2,3)48(65)52(69)59-29-10-7-17-38(59)53(70)74-39(23-21-33-22-24-40(71-4)42(30-33)72-5)34-14-11-15-35(31-34)57-45(63)26-25-43(61)55-27-8-9-28-56-46(64)32-73-41-19-12-16-36-47(41)51(68)60(50(36)67)37-18-13-20-44(62)58-49(37)66/h11-12,14-16,19,22,24,30-31,37-39H,6-10,13,17-18,20-21,23,25-29,32H2,1-5H3,(H,55,61)(H,56,64)(H,57,63)(H,58,62,66)/t37-,38+,39?/m0/s1. The number of fused-ring (bicyclic) bond motifs is 1. The second-order valence-electron chi connectivity index (χ2n) is 19.1. The highest BCUT2D eigenvalue weighted by molar-refractivity contribution is 6.38. The van der Waals surface area contributed by atoms with Crippen molar-refractivity contribution < 1.29 is 66.9 Å². The molecule has 74 heavy (non-hydrogen) atoms. The minimum absolute atomic E-state index is 0.00354. The molecule has 6 rings (SSSR count). The number of carbonyl (C=O) groups excluding carboxylic acids is 10. The number of hydrogen-bond acceptors (Lipinski definition) is 14. The number of imide groups is 2. The molecule has 3 aliphatic rings. The number of hydrogen-bond donors (Lipinski definition) is 4. The summed E-state index contributed by atoms with van der Waals surface area (Å²) in [5.74, 6) is -4.68. The number of esters is 1. The van der Waals surface area contributed by atoms with Crippen LogP contribution in [0.15, 0.2) is 60.7 Å². The first kappa shape index (κ1) is 55.7. The van der Waals surface area contributed by atoms with Gasteiger partial charge >= 0.3 is 5.97 Å². The van der Waals surface area contributed by atoms with Crippen molar-refractivity contribution in [1.29, 1.82) is 0 Å². The highest BCUT2D eigenvalue weighted by Gasteiger charge is 2.46. The van der Waals surface area contributed by atoms with Crippen molar-refractivity contribution in [1.82, 2.24) is 25.8 Å². The largest absolute Gasteiger partial charge is 0.493 e. The summed E-state index contributed by atoms with van der Waals surface area (Å²) in [5, 5.41) is 10.5. The molecular weight excluding hydrogens is 957 g/mol. The number of Topliss-reactive ketones (excluding diaryl/α,β-unsaturated/α-hetero) is 1. The summed E-state index contributed by atoms with van der Waals surface area (Å²) in [4.78, 5) is 132. The van der Waals surface area contributed by atoms with Gasteiger partial charge in [0.05, 0.1) is 25.3 Å². The van der Waals surface area contributed by atoms with E-state index in [9.17, 15) is 47.9 Å². The normalized spacial score (nSPS) is 17.0. The Hall–Kier alpha value is -7.64. The van der Waals surface area contributed by atoms with Crippen LogP contribution in [0.3, 0.4) is 0 Å². The fourth-order valence-electron chi connectivity index (χ4n) is 8.89. The number of methoxy groups -OCH3 is 2. The number of unbranched alkanes of at least 4 members (excludes halogenated alkanes) is 1. The Morgan fingerprint density at radius 3 is 2.23 bits per heavy atom. The van der Waals surface area contributed by atoms with Crippen LogP contribution in [0.25, 0.3) is 0 Å². The average molecular weight is 1020 g/mol. The fraction of sp³-hybridized carbons (Fsp3) is 0.481. The Labute approximate surface area is 429 Å². The van der Waals surface area contributed by atoms with Gasteiger partial charge in [0.2, 0.25) is 29.4 Å². The van der Waals surface area contributed by atoms with E-state index in [1.54, 1.807) is 51.3 Å². The van der Waals surface area contributed by atoms with Crippen LogP contribution in [0.4, 0.5) is 5.69 Å². The lowest BCUT2D eigenvalue weighted by Crippen LogP contribution is -2.53. The Balaban J connectivity index is 0.957. The van der Waals surface area contributed by atoms with Crippen molar-refractivity contribution in [3.05, 3.63) is 82.9 Å². The number of benzene rings is 3. The van der Waals surface area contributed by atoms with Crippen LogP contribution in [-0.4, -0.2) is 121 Å². The highest BCUT2D eigenvalue weighted by atomic mass is 16.5. The number of anilines is 1. The van der Waals surface area contributed by atoms with E-state index < -0.39 is 83.3 Å². The molecule has 8 amide bonds. The lowest BCUT2D eigenvalue weighted by atomic mass is 9.84. The average Bonchev–Trinajstić information content (AvgIpc) is 3.53. The van der Waals surface area contributed by atoms with E-state index in [0.717, 1.165) is 10.5 Å². The molecule has 20 heteroatoms. The van der Waals surface area contributed by atoms with Gasteiger partial charge in [-0.2, -0.15) is 0 Å². The zero-order chi connectivity index (χ0) is 53.5. The van der Waals surface area contributed by atoms with E-state index in [4.69, 9.17) is 18.9 Å². The van der Waals surface area contributed by atoms with Crippen molar-refractivity contribution in [3.63, 3.8) is 0 Å². The Kier molecular flexibility index (Phi) is 19.4. The number of nitrogens with zero attached hydrogens (tertiary/aromatic N) is 2. The zero-order valence-corrected chi connectivity index (χ0v) is 42.6. The van der Waals surface area contributed by atoms with E-state index in [1.165, 1.54) is 30.2 Å². The van der Waals surface area contributed by atoms with Crippen LogP contribution >= 0.6 is 0 Å². The van der Waals surface area contributed by atoms with Gasteiger partial charge in [-0.1, -0.05) is 45.0 Å². The second-order valence-corrected chi connectivity index (χ2v) is 19.1. The molecule has 2 fully saturated rings. The van der Waals surface area contributed by atoms with Gasteiger partial charge in [0.1, 0.15) is 23.9 Å². The van der Waals surface area contributed by atoms with Crippen molar-refractivity contribution in [2.45, 2.75) is 122 Å². The second kappa shape index (κ2) is 25.8. The SMILES string of the molecule is CCC(C)(C)C(=O)C(=O)N1CCCC[C@@H]1C(=O)OC(CCc1ccc(OC)c(OC)c1)c1cccc(NC(=O)CCC(=O)NCCCCNC(=O)COc2cccc3c2C(=O)N([C@H]2CCCC(=O)NC2=O)C3=O)c1. The molecule has 20 nitrogen and oxygen atoms in total. The number of ketones is 1. The molecule has 0 saturated carbocycles. The summed E-state index contributed by atoms with van der Waals surface area (Å²) in [6, 6.07) is 14.7. The van der Waals surface area contributed by atoms with Crippen molar-refractivity contribution in [2.75, 3.05) is 45.8 Å². The third-order valence-corrected chi connectivity index (χ3v) is 13.5. The quantitative estimate of drug-likeness (QED) is 0.0403. The predicted octanol–water partition coefficient (Wildman–Crippen LogP) is 4.91. The lowest BCUT2D eigenvalue weighted by Gasteiger charge is -2.36. The number of nitrogens with one attached hydrogen (secondary N) is 4. The Morgan fingerprint density at radius 2 is 1.50 bits per heavy atom. The zero-order valence-electron chi connectivity index (χ0n) is 42.6. The van der Waals surface area contributed by atoms with E-state index in [1.807, 2.05) is 19.1 Å². The first-order valence-corrected chi connectivity index (χ1v) is 25.1. The molecule has 1 unspecified atom stereocenters. The minimum Gasteiger partial charge on any atom is -0.493 e. The highest BCUT2D eigenvalue weighted by Crippen LogP contribution is 2.35. The minimum atomic E-state index is -1.15. The van der Waals surface area contributed by atoms with E-state index in [-0.39, 0.29) is 68.1 Å². The van der Waals surface area contributed by atoms with Crippen molar-refractivity contribution in [3.8, 4) is 17.2 Å². The molecule has 0 spiro atoms. The lowest BCUT2D eigenvalue weighted by molar-refractivity contribution is -0.164. The van der Waals surface area contributed by atoms with Crippen molar-refractivity contribution >= 4 is 64.7 Å². The number of carbonyl (C=O) groups is 10. The van der Waals surface area contributed by atoms with Crippen LogP contribution in [-0.2, 0) is 49.5 Å². The maximum absolute atomic E-state index is 14.1. The van der Waals surface area contributed by atoms with Crippen LogP contribution in [0.5, 0.6) is 17.2 Å². The number of aryl methyl sites for hydroxylation is 1. The summed E-state index contributed by atoms with van der Waals surface area (Å²) in [6.07, 6.45) is 3.42. The van der Waals surface area contributed by atoms with Crippen LogP contribution in [0, 0.1) is 5.41 Å². The number of rotatable bonds is 24. The van der Waals surface area contributed by atoms with Gasteiger partial charge in [0, 0.05) is 50.0 Å². The van der Waals surface area contributed by atoms with Crippen LogP contribution in [0.1, 0.15) is 136 Å². The molecule has 2 saturated heterocycles. The van der Waals surface area contributed by atoms with E-state index in [2.05, 4.69) is 21.3 Å². The molecule has 3 aliphatic heterocycles.